The Labute approximate surface area is 298 Å². The van der Waals surface area contributed by atoms with E-state index in [0.29, 0.717) is 19.3 Å². The van der Waals surface area contributed by atoms with Gasteiger partial charge >= 0.3 is 11.9 Å². The number of rotatable bonds is 21. The molecule has 1 rings (SSSR count). The number of aliphatic hydroxyl groups excluding tert-OH is 1. The topological polar surface area (TPSA) is 287 Å². The van der Waals surface area contributed by atoms with Crippen LogP contribution in [-0.4, -0.2) is 123 Å². The number of carboxylic acids is 2. The number of amides is 6. The van der Waals surface area contributed by atoms with Crippen LogP contribution in [0.25, 0.3) is 0 Å². The summed E-state index contributed by atoms with van der Waals surface area (Å²) in [4.78, 5) is 103. The van der Waals surface area contributed by atoms with Crippen LogP contribution in [0.5, 0.6) is 0 Å². The number of nitrogens with two attached hydrogens (primary N) is 1. The molecular formula is C33H57N7O11. The summed E-state index contributed by atoms with van der Waals surface area (Å²) in [5.74, 6) is -8.08. The fourth-order valence-electron chi connectivity index (χ4n) is 5.48. The molecule has 9 atom stereocenters. The number of hydrogen-bond acceptors (Lipinski definition) is 10. The molecule has 1 aliphatic rings. The minimum Gasteiger partial charge on any atom is -0.481 e. The number of nitrogens with one attached hydrogen (secondary N) is 5. The maximum atomic E-state index is 13.8. The molecule has 290 valence electrons. The van der Waals surface area contributed by atoms with E-state index in [-0.39, 0.29) is 31.2 Å². The Hall–Kier alpha value is -4.32. The molecular weight excluding hydrogens is 670 g/mol. The first-order valence-corrected chi connectivity index (χ1v) is 17.4. The normalized spacial score (nSPS) is 18.9. The Balaban J connectivity index is 3.05. The van der Waals surface area contributed by atoms with E-state index in [1.807, 2.05) is 6.92 Å². The predicted octanol–water partition coefficient (Wildman–Crippen LogP) is -1.56. The number of nitrogens with zero attached hydrogens (tertiary/aromatic N) is 1. The van der Waals surface area contributed by atoms with Gasteiger partial charge < -0.3 is 52.5 Å². The molecule has 0 aromatic rings. The molecule has 1 heterocycles. The Morgan fingerprint density at radius 2 is 1.37 bits per heavy atom. The van der Waals surface area contributed by atoms with Gasteiger partial charge in [0, 0.05) is 6.54 Å². The smallest absolute Gasteiger partial charge is 0.328 e. The summed E-state index contributed by atoms with van der Waals surface area (Å²) in [5.41, 5.74) is 5.97. The van der Waals surface area contributed by atoms with Crippen molar-refractivity contribution < 1.29 is 53.7 Å². The average molecular weight is 728 g/mol. The van der Waals surface area contributed by atoms with Gasteiger partial charge in [-0.3, -0.25) is 33.6 Å². The number of carbonyl (C=O) groups excluding carboxylic acids is 6. The van der Waals surface area contributed by atoms with E-state index in [4.69, 9.17) is 5.73 Å². The number of carboxylic acid groups (broad SMARTS) is 2. The fraction of sp³-hybridized carbons (Fsp3) is 0.758. The van der Waals surface area contributed by atoms with E-state index in [1.54, 1.807) is 34.6 Å². The number of carbonyl (C=O) groups is 8. The summed E-state index contributed by atoms with van der Waals surface area (Å²) in [6.45, 7) is 11.4. The largest absolute Gasteiger partial charge is 0.481 e. The highest BCUT2D eigenvalue weighted by Crippen LogP contribution is 2.21. The molecule has 0 unspecified atom stereocenters. The third kappa shape index (κ3) is 14.1. The van der Waals surface area contributed by atoms with Gasteiger partial charge in [-0.2, -0.15) is 0 Å². The van der Waals surface area contributed by atoms with Crippen molar-refractivity contribution in [3.05, 3.63) is 0 Å². The number of aliphatic carboxylic acids is 2. The third-order valence-electron chi connectivity index (χ3n) is 9.01. The van der Waals surface area contributed by atoms with Crippen LogP contribution >= 0.6 is 0 Å². The van der Waals surface area contributed by atoms with Crippen LogP contribution in [0.15, 0.2) is 0 Å². The van der Waals surface area contributed by atoms with Gasteiger partial charge in [0.2, 0.25) is 35.4 Å². The van der Waals surface area contributed by atoms with Crippen LogP contribution < -0.4 is 32.3 Å². The molecule has 0 aliphatic carbocycles. The zero-order chi connectivity index (χ0) is 39.2. The van der Waals surface area contributed by atoms with Gasteiger partial charge in [0.15, 0.2) is 6.04 Å². The summed E-state index contributed by atoms with van der Waals surface area (Å²) < 4.78 is 0. The first-order chi connectivity index (χ1) is 23.7. The highest BCUT2D eigenvalue weighted by molar-refractivity contribution is 5.97. The molecule has 51 heavy (non-hydrogen) atoms. The van der Waals surface area contributed by atoms with Gasteiger partial charge in [0.1, 0.15) is 24.2 Å². The number of aliphatic hydroxyl groups is 1. The lowest BCUT2D eigenvalue weighted by Crippen LogP contribution is -2.59. The molecule has 18 nitrogen and oxygen atoms in total. The zero-order valence-corrected chi connectivity index (χ0v) is 30.6. The van der Waals surface area contributed by atoms with Crippen LogP contribution in [-0.2, 0) is 38.4 Å². The Kier molecular flexibility index (Phi) is 18.5. The van der Waals surface area contributed by atoms with Crippen LogP contribution in [0.3, 0.4) is 0 Å². The van der Waals surface area contributed by atoms with E-state index >= 15 is 0 Å². The summed E-state index contributed by atoms with van der Waals surface area (Å²) >= 11 is 0. The van der Waals surface area contributed by atoms with Gasteiger partial charge in [-0.25, -0.2) is 4.79 Å². The molecule has 0 aromatic heterocycles. The second-order valence-corrected chi connectivity index (χ2v) is 13.7. The first kappa shape index (κ1) is 44.7. The van der Waals surface area contributed by atoms with Crippen molar-refractivity contribution in [2.75, 3.05) is 13.1 Å². The molecule has 0 bridgehead atoms. The minimum absolute atomic E-state index is 0.119. The molecule has 1 fully saturated rings. The molecule has 0 aromatic carbocycles. The van der Waals surface area contributed by atoms with Crippen molar-refractivity contribution in [3.8, 4) is 0 Å². The van der Waals surface area contributed by atoms with Gasteiger partial charge in [-0.15, -0.1) is 0 Å². The molecule has 0 saturated carbocycles. The molecule has 0 spiro atoms. The predicted molar refractivity (Wildman–Crippen MR) is 183 cm³/mol. The van der Waals surface area contributed by atoms with Gasteiger partial charge in [-0.1, -0.05) is 54.4 Å². The van der Waals surface area contributed by atoms with E-state index in [1.165, 1.54) is 11.8 Å². The second-order valence-electron chi connectivity index (χ2n) is 13.7. The number of likely N-dealkylation sites (tertiary alicyclic amines) is 1. The van der Waals surface area contributed by atoms with Crippen molar-refractivity contribution in [2.24, 2.45) is 23.5 Å². The second kappa shape index (κ2) is 21.1. The zero-order valence-electron chi connectivity index (χ0n) is 30.6. The standard InChI is InChI=1S/C33H57N7O11/c1-8-17(5)25(34)30(47)36-20(14-24(43)44)28(45)37-21(13-16(3)4)32(49)40-12-10-11-22(40)29(46)35-15-23(42)38-26(18(6)9-2)31(48)39-27(19(7)41)33(50)51/h16-22,25-27,41H,8-15,34H2,1-7H3,(H,35,46)(H,36,47)(H,37,45)(H,38,42)(H,39,48)(H,43,44)(H,50,51)/t17-,18-,19+,20-,21-,22-,25-,26-,27-/m0/s1. The minimum atomic E-state index is -1.61. The molecule has 1 aliphatic heterocycles. The Morgan fingerprint density at radius 3 is 1.88 bits per heavy atom. The van der Waals surface area contributed by atoms with Crippen molar-refractivity contribution in [3.63, 3.8) is 0 Å². The van der Waals surface area contributed by atoms with E-state index in [2.05, 4.69) is 26.6 Å². The lowest BCUT2D eigenvalue weighted by molar-refractivity contribution is -0.145. The van der Waals surface area contributed by atoms with Crippen molar-refractivity contribution in [1.82, 2.24) is 31.5 Å². The van der Waals surface area contributed by atoms with Crippen molar-refractivity contribution >= 4 is 47.4 Å². The summed E-state index contributed by atoms with van der Waals surface area (Å²) in [6.07, 6.45) is -0.345. The Bertz CT molecular complexity index is 1260. The molecule has 0 radical (unpaired) electrons. The summed E-state index contributed by atoms with van der Waals surface area (Å²) in [5, 5.41) is 40.6. The number of hydrogen-bond donors (Lipinski definition) is 9. The summed E-state index contributed by atoms with van der Waals surface area (Å²) in [6, 6.07) is -7.47. The van der Waals surface area contributed by atoms with E-state index in [0.717, 1.165) is 0 Å². The van der Waals surface area contributed by atoms with Crippen molar-refractivity contribution in [2.45, 2.75) is 129 Å². The SMILES string of the molecule is CC[C@H](C)[C@H](N)C(=O)N[C@@H](CC(=O)O)C(=O)N[C@@H](CC(C)C)C(=O)N1CCC[C@H]1C(=O)NCC(=O)N[C@H](C(=O)N[C@H](C(=O)O)[C@@H](C)O)[C@@H](C)CC. The first-order valence-electron chi connectivity index (χ1n) is 17.4. The summed E-state index contributed by atoms with van der Waals surface area (Å²) in [7, 11) is 0. The van der Waals surface area contributed by atoms with Gasteiger partial charge in [0.25, 0.3) is 0 Å². The maximum Gasteiger partial charge on any atom is 0.328 e. The lowest BCUT2D eigenvalue weighted by atomic mass is 9.97. The lowest BCUT2D eigenvalue weighted by Gasteiger charge is -2.30. The van der Waals surface area contributed by atoms with Crippen LogP contribution in [0.2, 0.25) is 0 Å². The molecule has 18 heteroatoms. The molecule has 6 amide bonds. The quantitative estimate of drug-likeness (QED) is 0.0649. The van der Waals surface area contributed by atoms with Gasteiger partial charge in [0.05, 0.1) is 25.1 Å². The van der Waals surface area contributed by atoms with Crippen LogP contribution in [0, 0.1) is 17.8 Å². The van der Waals surface area contributed by atoms with Gasteiger partial charge in [-0.05, 0) is 43.9 Å². The van der Waals surface area contributed by atoms with Crippen LogP contribution in [0.4, 0.5) is 0 Å². The van der Waals surface area contributed by atoms with Crippen molar-refractivity contribution in [1.29, 1.82) is 0 Å². The molecule has 1 saturated heterocycles. The van der Waals surface area contributed by atoms with E-state index < -0.39 is 109 Å². The third-order valence-corrected chi connectivity index (χ3v) is 9.01. The monoisotopic (exact) mass is 727 g/mol. The van der Waals surface area contributed by atoms with Crippen LogP contribution in [0.1, 0.15) is 87.0 Å². The highest BCUT2D eigenvalue weighted by atomic mass is 16.4. The maximum absolute atomic E-state index is 13.8. The average Bonchev–Trinajstić information content (AvgIpc) is 3.55. The fourth-order valence-corrected chi connectivity index (χ4v) is 5.48. The van der Waals surface area contributed by atoms with E-state index in [9.17, 15) is 53.7 Å². The Morgan fingerprint density at radius 1 is 0.784 bits per heavy atom. The molecule has 10 N–H and O–H groups in total. The highest BCUT2D eigenvalue weighted by Gasteiger charge is 2.39.